The van der Waals surface area contributed by atoms with Crippen LogP contribution in [0.4, 0.5) is 0 Å². The molecule has 21 heavy (non-hydrogen) atoms. The second kappa shape index (κ2) is 6.23. The maximum atomic E-state index is 2.73. The van der Waals surface area contributed by atoms with Gasteiger partial charge in [-0.05, 0) is 68.5 Å². The van der Waals surface area contributed by atoms with Crippen LogP contribution in [-0.2, 0) is 19.9 Å². The summed E-state index contributed by atoms with van der Waals surface area (Å²) < 4.78 is 2.25. The van der Waals surface area contributed by atoms with Crippen molar-refractivity contribution in [1.29, 1.82) is 0 Å². The van der Waals surface area contributed by atoms with Crippen LogP contribution < -0.4 is 0 Å². The summed E-state index contributed by atoms with van der Waals surface area (Å²) in [5.74, 6) is 0. The number of hydrogen-bond acceptors (Lipinski definition) is 1. The first-order chi connectivity index (χ1) is 10.2. The van der Waals surface area contributed by atoms with Crippen molar-refractivity contribution in [2.45, 2.75) is 52.0 Å². The zero-order valence-corrected chi connectivity index (χ0v) is 13.7. The minimum absolute atomic E-state index is 0.739. The molecule has 2 aromatic rings. The molecule has 0 amide bonds. The second-order valence-electron chi connectivity index (χ2n) is 6.50. The molecule has 1 aromatic carbocycles. The topological polar surface area (TPSA) is 8.17 Å². The van der Waals surface area contributed by atoms with Crippen molar-refractivity contribution < 1.29 is 0 Å². The molecule has 3 rings (SSSR count). The summed E-state index contributed by atoms with van der Waals surface area (Å²) in [5.41, 5.74) is 4.58. The molecular formula is C19H28N2. The highest BCUT2D eigenvalue weighted by Gasteiger charge is 2.25. The molecule has 2 nitrogen and oxygen atoms in total. The molecule has 0 fully saturated rings. The van der Waals surface area contributed by atoms with E-state index in [-0.39, 0.29) is 0 Å². The Balaban J connectivity index is 1.91. The molecule has 0 aliphatic heterocycles. The normalized spacial score (nSPS) is 18.4. The van der Waals surface area contributed by atoms with Crippen LogP contribution in [-0.4, -0.2) is 28.6 Å². The number of rotatable bonds is 5. The van der Waals surface area contributed by atoms with Gasteiger partial charge in [0.25, 0.3) is 0 Å². The average molecular weight is 284 g/mol. The fourth-order valence-corrected chi connectivity index (χ4v) is 3.96. The maximum Gasteiger partial charge on any atom is 0.0480 e. The highest BCUT2D eigenvalue weighted by molar-refractivity contribution is 5.85. The monoisotopic (exact) mass is 284 g/mol. The molecule has 0 unspecified atom stereocenters. The van der Waals surface area contributed by atoms with Gasteiger partial charge in [-0.15, -0.1) is 0 Å². The fourth-order valence-electron chi connectivity index (χ4n) is 3.96. The van der Waals surface area contributed by atoms with E-state index in [1.54, 1.807) is 11.1 Å². The van der Waals surface area contributed by atoms with Crippen LogP contribution in [0.2, 0.25) is 0 Å². The molecule has 0 saturated carbocycles. The molecule has 1 heterocycles. The van der Waals surface area contributed by atoms with Crippen LogP contribution in [0, 0.1) is 0 Å². The highest BCUT2D eigenvalue weighted by Crippen LogP contribution is 2.31. The lowest BCUT2D eigenvalue weighted by atomic mass is 9.85. The van der Waals surface area contributed by atoms with Gasteiger partial charge < -0.3 is 9.47 Å². The molecule has 0 N–H and O–H groups in total. The number of aryl methyl sites for hydroxylation is 2. The van der Waals surface area contributed by atoms with Gasteiger partial charge in [0.15, 0.2) is 0 Å². The van der Waals surface area contributed by atoms with Gasteiger partial charge >= 0.3 is 0 Å². The third-order valence-corrected chi connectivity index (χ3v) is 5.00. The van der Waals surface area contributed by atoms with Gasteiger partial charge in [0, 0.05) is 30.2 Å². The minimum Gasteiger partial charge on any atom is -0.351 e. The number of hydrogen-bond donors (Lipinski definition) is 0. The first-order valence-electron chi connectivity index (χ1n) is 8.54. The van der Waals surface area contributed by atoms with Crippen LogP contribution in [0.25, 0.3) is 10.9 Å². The Morgan fingerprint density at radius 2 is 1.90 bits per heavy atom. The van der Waals surface area contributed by atoms with Crippen molar-refractivity contribution in [1.82, 2.24) is 9.47 Å². The first kappa shape index (κ1) is 14.6. The SMILES string of the molecule is CCCN(CCC)[C@H]1CCc2ccc3c(ccn3C)c2C1. The second-order valence-corrected chi connectivity index (χ2v) is 6.50. The summed E-state index contributed by atoms with van der Waals surface area (Å²) in [5, 5.41) is 1.48. The van der Waals surface area contributed by atoms with E-state index in [9.17, 15) is 0 Å². The van der Waals surface area contributed by atoms with Crippen molar-refractivity contribution in [3.05, 3.63) is 35.5 Å². The summed E-state index contributed by atoms with van der Waals surface area (Å²) in [7, 11) is 2.15. The van der Waals surface area contributed by atoms with E-state index in [1.165, 1.54) is 56.1 Å². The largest absolute Gasteiger partial charge is 0.351 e. The van der Waals surface area contributed by atoms with Gasteiger partial charge in [0.1, 0.15) is 0 Å². The Bertz CT molecular complexity index is 605. The summed E-state index contributed by atoms with van der Waals surface area (Å²) in [6.07, 6.45) is 8.53. The molecular weight excluding hydrogens is 256 g/mol. The molecule has 0 spiro atoms. The van der Waals surface area contributed by atoms with Gasteiger partial charge in [0.05, 0.1) is 0 Å². The van der Waals surface area contributed by atoms with E-state index in [1.807, 2.05) is 0 Å². The predicted octanol–water partition coefficient (Wildman–Crippen LogP) is 4.16. The average Bonchev–Trinajstić information content (AvgIpc) is 2.88. The fraction of sp³-hybridized carbons (Fsp3) is 0.579. The molecule has 1 aliphatic rings. The third kappa shape index (κ3) is 2.74. The van der Waals surface area contributed by atoms with Crippen LogP contribution in [0.5, 0.6) is 0 Å². The number of aromatic nitrogens is 1. The van der Waals surface area contributed by atoms with E-state index in [4.69, 9.17) is 0 Å². The van der Waals surface area contributed by atoms with E-state index in [0.717, 1.165) is 6.04 Å². The van der Waals surface area contributed by atoms with Gasteiger partial charge in [-0.3, -0.25) is 0 Å². The Morgan fingerprint density at radius 1 is 1.14 bits per heavy atom. The Labute approximate surface area is 128 Å². The zero-order valence-electron chi connectivity index (χ0n) is 13.7. The van der Waals surface area contributed by atoms with Crippen molar-refractivity contribution in [3.63, 3.8) is 0 Å². The number of fused-ring (bicyclic) bond motifs is 3. The number of nitrogens with zero attached hydrogens (tertiary/aromatic N) is 2. The first-order valence-corrected chi connectivity index (χ1v) is 8.54. The van der Waals surface area contributed by atoms with Crippen molar-refractivity contribution in [3.8, 4) is 0 Å². The summed E-state index contributed by atoms with van der Waals surface area (Å²) >= 11 is 0. The van der Waals surface area contributed by atoms with Crippen LogP contribution >= 0.6 is 0 Å². The molecule has 1 aliphatic carbocycles. The molecule has 2 heteroatoms. The van der Waals surface area contributed by atoms with Crippen LogP contribution in [0.15, 0.2) is 24.4 Å². The van der Waals surface area contributed by atoms with E-state index in [2.05, 4.69) is 54.8 Å². The van der Waals surface area contributed by atoms with Crippen molar-refractivity contribution >= 4 is 10.9 Å². The van der Waals surface area contributed by atoms with Gasteiger partial charge in [-0.25, -0.2) is 0 Å². The van der Waals surface area contributed by atoms with Gasteiger partial charge in [-0.2, -0.15) is 0 Å². The third-order valence-electron chi connectivity index (χ3n) is 5.00. The van der Waals surface area contributed by atoms with E-state index < -0.39 is 0 Å². The molecule has 0 radical (unpaired) electrons. The smallest absolute Gasteiger partial charge is 0.0480 e. The summed E-state index contributed by atoms with van der Waals surface area (Å²) in [6, 6.07) is 7.70. The van der Waals surface area contributed by atoms with Crippen LogP contribution in [0.3, 0.4) is 0 Å². The minimum atomic E-state index is 0.739. The van der Waals surface area contributed by atoms with E-state index in [0.29, 0.717) is 0 Å². The lowest BCUT2D eigenvalue weighted by Gasteiger charge is -2.35. The summed E-state index contributed by atoms with van der Waals surface area (Å²) in [6.45, 7) is 7.10. The van der Waals surface area contributed by atoms with E-state index >= 15 is 0 Å². The standard InChI is InChI=1S/C19H28N2/c1-4-11-21(12-5-2)16-8-6-15-7-9-19-17(18(15)14-16)10-13-20(19)3/h7,9-10,13,16H,4-6,8,11-12,14H2,1-3H3/t16-/m0/s1. The maximum absolute atomic E-state index is 2.73. The Morgan fingerprint density at radius 3 is 2.62 bits per heavy atom. The Kier molecular flexibility index (Phi) is 4.34. The lowest BCUT2D eigenvalue weighted by molar-refractivity contribution is 0.180. The molecule has 0 saturated heterocycles. The quantitative estimate of drug-likeness (QED) is 0.800. The molecule has 1 aromatic heterocycles. The Hall–Kier alpha value is -1.28. The zero-order chi connectivity index (χ0) is 14.8. The van der Waals surface area contributed by atoms with Crippen molar-refractivity contribution in [2.75, 3.05) is 13.1 Å². The lowest BCUT2D eigenvalue weighted by Crippen LogP contribution is -2.40. The van der Waals surface area contributed by atoms with Crippen molar-refractivity contribution in [2.24, 2.45) is 7.05 Å². The van der Waals surface area contributed by atoms with Gasteiger partial charge in [0.2, 0.25) is 0 Å². The number of benzene rings is 1. The predicted molar refractivity (Wildman–Crippen MR) is 90.9 cm³/mol. The molecule has 114 valence electrons. The van der Waals surface area contributed by atoms with Gasteiger partial charge in [-0.1, -0.05) is 19.9 Å². The molecule has 1 atom stereocenters. The molecule has 0 bridgehead atoms. The van der Waals surface area contributed by atoms with Crippen LogP contribution in [0.1, 0.15) is 44.2 Å². The highest BCUT2D eigenvalue weighted by atomic mass is 15.1. The summed E-state index contributed by atoms with van der Waals surface area (Å²) in [4.78, 5) is 2.73.